The molecule has 0 unspecified atom stereocenters. The van der Waals surface area contributed by atoms with Crippen molar-refractivity contribution in [3.05, 3.63) is 58.0 Å². The van der Waals surface area contributed by atoms with E-state index in [1.807, 2.05) is 0 Å². The molecule has 0 bridgehead atoms. The molecule has 24 heavy (non-hydrogen) atoms. The molecule has 122 valence electrons. The Bertz CT molecular complexity index is 836. The number of anilines is 2. The van der Waals surface area contributed by atoms with Crippen LogP contribution in [-0.2, 0) is 0 Å². The third kappa shape index (κ3) is 3.76. The zero-order valence-corrected chi connectivity index (χ0v) is 14.4. The second-order valence-corrected chi connectivity index (χ2v) is 6.04. The van der Waals surface area contributed by atoms with Gasteiger partial charge in [-0.3, -0.25) is 10.9 Å². The number of urea groups is 1. The van der Waals surface area contributed by atoms with Crippen molar-refractivity contribution in [1.29, 1.82) is 0 Å². The molecule has 2 heterocycles. The van der Waals surface area contributed by atoms with Crippen molar-refractivity contribution in [2.24, 2.45) is 0 Å². The van der Waals surface area contributed by atoms with Crippen LogP contribution < -0.4 is 16.2 Å². The summed E-state index contributed by atoms with van der Waals surface area (Å²) in [6, 6.07) is 10.0. The summed E-state index contributed by atoms with van der Waals surface area (Å²) in [5.41, 5.74) is 6.80. The van der Waals surface area contributed by atoms with Crippen LogP contribution in [0.15, 0.2) is 48.0 Å². The highest BCUT2D eigenvalue weighted by atomic mass is 35.5. The molecule has 3 N–H and O–H groups in total. The van der Waals surface area contributed by atoms with Crippen molar-refractivity contribution in [3.8, 4) is 11.3 Å². The van der Waals surface area contributed by atoms with Gasteiger partial charge < -0.3 is 5.32 Å². The lowest BCUT2D eigenvalue weighted by Crippen LogP contribution is -2.33. The number of rotatable bonds is 4. The molecule has 0 aliphatic rings. The summed E-state index contributed by atoms with van der Waals surface area (Å²) < 4.78 is 4.28. The second-order valence-electron chi connectivity index (χ2n) is 4.59. The van der Waals surface area contributed by atoms with Crippen LogP contribution in [0.2, 0.25) is 10.0 Å². The summed E-state index contributed by atoms with van der Waals surface area (Å²) >= 11 is 13.6. The maximum atomic E-state index is 12.0. The van der Waals surface area contributed by atoms with Gasteiger partial charge in [0.2, 0.25) is 0 Å². The molecule has 2 amide bonds. The van der Waals surface area contributed by atoms with Crippen molar-refractivity contribution in [1.82, 2.24) is 14.8 Å². The number of carbonyl (C=O) groups excluding carboxylic acids is 1. The predicted octanol–water partition coefficient (Wildman–Crippen LogP) is 4.66. The molecule has 6 nitrogen and oxygen atoms in total. The number of hydrogen-bond donors (Lipinski definition) is 3. The van der Waals surface area contributed by atoms with Gasteiger partial charge in [0, 0.05) is 17.1 Å². The number of carbonyl (C=O) groups is 1. The Morgan fingerprint density at radius 1 is 1.08 bits per heavy atom. The number of hydrazine groups is 1. The Labute approximate surface area is 152 Å². The minimum Gasteiger partial charge on any atom is -0.304 e. The van der Waals surface area contributed by atoms with Gasteiger partial charge in [0.25, 0.3) is 0 Å². The van der Waals surface area contributed by atoms with Crippen molar-refractivity contribution in [2.45, 2.75) is 0 Å². The normalized spacial score (nSPS) is 10.2. The summed E-state index contributed by atoms with van der Waals surface area (Å²) in [4.78, 5) is 16.1. The average molecular weight is 380 g/mol. The third-order valence-electron chi connectivity index (χ3n) is 2.99. The number of halogens is 2. The molecule has 3 aromatic rings. The quantitative estimate of drug-likeness (QED) is 0.575. The fourth-order valence-corrected chi connectivity index (χ4v) is 3.14. The molecule has 2 aromatic heterocycles. The first-order valence-electron chi connectivity index (χ1n) is 6.78. The smallest absolute Gasteiger partial charge is 0.304 e. The molecule has 0 atom stereocenters. The van der Waals surface area contributed by atoms with Crippen molar-refractivity contribution in [2.75, 3.05) is 10.7 Å². The van der Waals surface area contributed by atoms with E-state index in [-0.39, 0.29) is 0 Å². The number of amides is 2. The molecule has 3 rings (SSSR count). The van der Waals surface area contributed by atoms with E-state index in [1.54, 1.807) is 48.0 Å². The molecule has 0 saturated carbocycles. The lowest BCUT2D eigenvalue weighted by molar-refractivity contribution is 0.254. The van der Waals surface area contributed by atoms with E-state index in [1.165, 1.54) is 11.5 Å². The van der Waals surface area contributed by atoms with E-state index in [2.05, 4.69) is 25.5 Å². The number of nitrogens with one attached hydrogen (secondary N) is 3. The third-order valence-corrected chi connectivity index (χ3v) is 4.25. The van der Waals surface area contributed by atoms with Crippen LogP contribution in [0.4, 0.5) is 16.3 Å². The number of pyridine rings is 1. The van der Waals surface area contributed by atoms with Gasteiger partial charge in [-0.2, -0.15) is 4.37 Å². The van der Waals surface area contributed by atoms with E-state index >= 15 is 0 Å². The Morgan fingerprint density at radius 3 is 2.58 bits per heavy atom. The SMILES string of the molecule is O=C(NNc1ccccn1)Nc1csnc1-c1c(Cl)cccc1Cl. The molecule has 0 spiro atoms. The Kier molecular flexibility index (Phi) is 5.14. The van der Waals surface area contributed by atoms with Crippen LogP contribution in [0.3, 0.4) is 0 Å². The van der Waals surface area contributed by atoms with Crippen LogP contribution >= 0.6 is 34.7 Å². The molecule has 0 aliphatic heterocycles. The average Bonchev–Trinajstić information content (AvgIpc) is 3.02. The van der Waals surface area contributed by atoms with Gasteiger partial charge in [-0.25, -0.2) is 9.78 Å². The number of benzene rings is 1. The molecule has 9 heteroatoms. The summed E-state index contributed by atoms with van der Waals surface area (Å²) in [5.74, 6) is 0.519. The number of hydrogen-bond acceptors (Lipinski definition) is 5. The van der Waals surface area contributed by atoms with Gasteiger partial charge in [0.1, 0.15) is 11.5 Å². The minimum absolute atomic E-state index is 0.462. The highest BCUT2D eigenvalue weighted by molar-refractivity contribution is 7.04. The monoisotopic (exact) mass is 379 g/mol. The minimum atomic E-state index is -0.467. The highest BCUT2D eigenvalue weighted by Crippen LogP contribution is 2.38. The lowest BCUT2D eigenvalue weighted by Gasteiger charge is -2.10. The van der Waals surface area contributed by atoms with Crippen molar-refractivity contribution < 1.29 is 4.79 Å². The maximum Gasteiger partial charge on any atom is 0.337 e. The van der Waals surface area contributed by atoms with Crippen LogP contribution in [-0.4, -0.2) is 15.4 Å². The van der Waals surface area contributed by atoms with E-state index < -0.39 is 6.03 Å². The van der Waals surface area contributed by atoms with E-state index in [4.69, 9.17) is 23.2 Å². The molecule has 0 saturated heterocycles. The molecule has 0 fully saturated rings. The van der Waals surface area contributed by atoms with Gasteiger partial charge in [-0.05, 0) is 35.8 Å². The highest BCUT2D eigenvalue weighted by Gasteiger charge is 2.17. The van der Waals surface area contributed by atoms with Gasteiger partial charge >= 0.3 is 6.03 Å². The van der Waals surface area contributed by atoms with Gasteiger partial charge in [-0.15, -0.1) is 0 Å². The largest absolute Gasteiger partial charge is 0.337 e. The van der Waals surface area contributed by atoms with Crippen molar-refractivity contribution >= 4 is 52.3 Å². The lowest BCUT2D eigenvalue weighted by atomic mass is 10.1. The first-order valence-corrected chi connectivity index (χ1v) is 8.37. The van der Waals surface area contributed by atoms with Gasteiger partial charge in [-0.1, -0.05) is 35.3 Å². The fourth-order valence-electron chi connectivity index (χ4n) is 1.94. The molecule has 0 radical (unpaired) electrons. The number of nitrogens with zero attached hydrogens (tertiary/aromatic N) is 2. The Balaban J connectivity index is 1.73. The summed E-state index contributed by atoms with van der Waals surface area (Å²) in [6.07, 6.45) is 1.61. The van der Waals surface area contributed by atoms with E-state index in [9.17, 15) is 4.79 Å². The molecular weight excluding hydrogens is 369 g/mol. The maximum absolute atomic E-state index is 12.0. The zero-order chi connectivity index (χ0) is 16.9. The van der Waals surface area contributed by atoms with Crippen LogP contribution in [0.1, 0.15) is 0 Å². The van der Waals surface area contributed by atoms with E-state index in [0.717, 1.165) is 0 Å². The topological polar surface area (TPSA) is 78.9 Å². The fraction of sp³-hybridized carbons (Fsp3) is 0. The second kappa shape index (κ2) is 7.48. The van der Waals surface area contributed by atoms with Crippen LogP contribution in [0, 0.1) is 0 Å². The standard InChI is InChI=1S/C15H11Cl2N5OS/c16-9-4-3-5-10(17)13(9)14-11(8-24-22-14)19-15(23)21-20-12-6-1-2-7-18-12/h1-8H,(H,18,20)(H2,19,21,23). The summed E-state index contributed by atoms with van der Waals surface area (Å²) in [6.45, 7) is 0. The van der Waals surface area contributed by atoms with Crippen LogP contribution in [0.25, 0.3) is 11.3 Å². The molecule has 0 aliphatic carbocycles. The van der Waals surface area contributed by atoms with Gasteiger partial charge in [0.15, 0.2) is 0 Å². The van der Waals surface area contributed by atoms with Crippen molar-refractivity contribution in [3.63, 3.8) is 0 Å². The Hall–Kier alpha value is -2.35. The molecule has 1 aromatic carbocycles. The van der Waals surface area contributed by atoms with Crippen LogP contribution in [0.5, 0.6) is 0 Å². The van der Waals surface area contributed by atoms with Gasteiger partial charge in [0.05, 0.1) is 15.7 Å². The first-order chi connectivity index (χ1) is 11.6. The van der Waals surface area contributed by atoms with E-state index in [0.29, 0.717) is 32.8 Å². The zero-order valence-electron chi connectivity index (χ0n) is 12.1. The number of aromatic nitrogens is 2. The first kappa shape index (κ1) is 16.5. The summed E-state index contributed by atoms with van der Waals surface area (Å²) in [7, 11) is 0. The predicted molar refractivity (Wildman–Crippen MR) is 97.6 cm³/mol. The Morgan fingerprint density at radius 2 is 1.88 bits per heavy atom. The molecular formula is C15H11Cl2N5OS. The summed E-state index contributed by atoms with van der Waals surface area (Å²) in [5, 5.41) is 5.33.